The summed E-state index contributed by atoms with van der Waals surface area (Å²) in [6.07, 6.45) is 0. The molecule has 0 amide bonds. The number of rotatable bonds is 3. The fourth-order valence-electron chi connectivity index (χ4n) is 3.22. The predicted octanol–water partition coefficient (Wildman–Crippen LogP) is 0.162. The Morgan fingerprint density at radius 3 is 2.67 bits per heavy atom. The lowest BCUT2D eigenvalue weighted by Crippen LogP contribution is -2.60. The molecule has 0 spiro atoms. The van der Waals surface area contributed by atoms with Gasteiger partial charge < -0.3 is 10.2 Å². The summed E-state index contributed by atoms with van der Waals surface area (Å²) in [5.74, 6) is 0.740. The van der Waals surface area contributed by atoms with Crippen molar-refractivity contribution < 1.29 is 0 Å². The third-order valence-electron chi connectivity index (χ3n) is 4.59. The maximum absolute atomic E-state index is 3.54. The molecule has 4 nitrogen and oxygen atoms in total. The molecule has 0 bridgehead atoms. The molecule has 0 saturated carbocycles. The summed E-state index contributed by atoms with van der Waals surface area (Å²) in [5, 5.41) is 3.54. The number of hydrogen-bond donors (Lipinski definition) is 1. The van der Waals surface area contributed by atoms with Crippen molar-refractivity contribution in [3.63, 3.8) is 0 Å². The van der Waals surface area contributed by atoms with Gasteiger partial charge in [-0.25, -0.2) is 0 Å². The minimum absolute atomic E-state index is 0.697. The van der Waals surface area contributed by atoms with Crippen molar-refractivity contribution in [1.29, 1.82) is 0 Å². The van der Waals surface area contributed by atoms with Gasteiger partial charge in [-0.3, -0.25) is 9.80 Å². The molecule has 18 heavy (non-hydrogen) atoms. The highest BCUT2D eigenvalue weighted by molar-refractivity contribution is 4.88. The first-order valence-corrected chi connectivity index (χ1v) is 7.41. The highest BCUT2D eigenvalue weighted by atomic mass is 15.3. The Hall–Kier alpha value is -0.160. The molecule has 2 aliphatic heterocycles. The Morgan fingerprint density at radius 2 is 1.94 bits per heavy atom. The second-order valence-electron chi connectivity index (χ2n) is 6.41. The van der Waals surface area contributed by atoms with Crippen molar-refractivity contribution in [3.8, 4) is 0 Å². The molecule has 0 aromatic carbocycles. The van der Waals surface area contributed by atoms with Gasteiger partial charge in [0.15, 0.2) is 0 Å². The van der Waals surface area contributed by atoms with Crippen molar-refractivity contribution in [3.05, 3.63) is 0 Å². The number of hydrogen-bond acceptors (Lipinski definition) is 4. The minimum atomic E-state index is 0.697. The van der Waals surface area contributed by atoms with Gasteiger partial charge in [0, 0.05) is 57.9 Å². The predicted molar refractivity (Wildman–Crippen MR) is 77.0 cm³/mol. The van der Waals surface area contributed by atoms with Crippen LogP contribution in [0.4, 0.5) is 0 Å². The molecule has 0 radical (unpaired) electrons. The average Bonchev–Trinajstić information content (AvgIpc) is 2.34. The molecule has 2 saturated heterocycles. The summed E-state index contributed by atoms with van der Waals surface area (Å²) in [7, 11) is 4.53. The van der Waals surface area contributed by atoms with E-state index in [9.17, 15) is 0 Å². The number of likely N-dealkylation sites (N-methyl/N-ethyl adjacent to an activating group) is 2. The molecule has 1 N–H and O–H groups in total. The van der Waals surface area contributed by atoms with E-state index in [-0.39, 0.29) is 0 Å². The van der Waals surface area contributed by atoms with Crippen LogP contribution in [0.1, 0.15) is 13.8 Å². The summed E-state index contributed by atoms with van der Waals surface area (Å²) < 4.78 is 0. The molecule has 0 aliphatic carbocycles. The number of nitrogens with zero attached hydrogens (tertiary/aromatic N) is 3. The second kappa shape index (κ2) is 6.33. The zero-order chi connectivity index (χ0) is 13.1. The minimum Gasteiger partial charge on any atom is -0.314 e. The van der Waals surface area contributed by atoms with Crippen LogP contribution in [0.5, 0.6) is 0 Å². The molecular weight excluding hydrogens is 224 g/mol. The SMILES string of the molecule is CC(C)C1CNCCN1CC1CN(C)CCN1C. The normalized spacial score (nSPS) is 33.2. The summed E-state index contributed by atoms with van der Waals surface area (Å²) >= 11 is 0. The lowest BCUT2D eigenvalue weighted by Gasteiger charge is -2.45. The second-order valence-corrected chi connectivity index (χ2v) is 6.41. The van der Waals surface area contributed by atoms with Crippen molar-refractivity contribution in [2.45, 2.75) is 25.9 Å². The van der Waals surface area contributed by atoms with E-state index in [1.54, 1.807) is 0 Å². The van der Waals surface area contributed by atoms with Crippen LogP contribution in [0.2, 0.25) is 0 Å². The van der Waals surface area contributed by atoms with E-state index in [0.29, 0.717) is 12.1 Å². The Balaban J connectivity index is 1.93. The summed E-state index contributed by atoms with van der Waals surface area (Å²) in [4.78, 5) is 7.72. The summed E-state index contributed by atoms with van der Waals surface area (Å²) in [5.41, 5.74) is 0. The molecule has 0 aromatic rings. The summed E-state index contributed by atoms with van der Waals surface area (Å²) in [6, 6.07) is 1.41. The third kappa shape index (κ3) is 3.44. The van der Waals surface area contributed by atoms with Crippen molar-refractivity contribution in [1.82, 2.24) is 20.0 Å². The van der Waals surface area contributed by atoms with Crippen molar-refractivity contribution in [2.24, 2.45) is 5.92 Å². The van der Waals surface area contributed by atoms with Crippen LogP contribution < -0.4 is 5.32 Å². The van der Waals surface area contributed by atoms with Crippen molar-refractivity contribution in [2.75, 3.05) is 59.9 Å². The third-order valence-corrected chi connectivity index (χ3v) is 4.59. The fourth-order valence-corrected chi connectivity index (χ4v) is 3.22. The van der Waals surface area contributed by atoms with E-state index < -0.39 is 0 Å². The lowest BCUT2D eigenvalue weighted by molar-refractivity contribution is 0.0474. The van der Waals surface area contributed by atoms with Gasteiger partial charge in [-0.1, -0.05) is 13.8 Å². The van der Waals surface area contributed by atoms with E-state index in [1.807, 2.05) is 0 Å². The van der Waals surface area contributed by atoms with Gasteiger partial charge >= 0.3 is 0 Å². The van der Waals surface area contributed by atoms with Crippen LogP contribution >= 0.6 is 0 Å². The fraction of sp³-hybridized carbons (Fsp3) is 1.00. The van der Waals surface area contributed by atoms with E-state index in [0.717, 1.165) is 19.0 Å². The largest absolute Gasteiger partial charge is 0.314 e. The number of piperazine rings is 2. The van der Waals surface area contributed by atoms with E-state index in [4.69, 9.17) is 0 Å². The Labute approximate surface area is 112 Å². The van der Waals surface area contributed by atoms with Gasteiger partial charge in [0.2, 0.25) is 0 Å². The van der Waals surface area contributed by atoms with E-state index in [2.05, 4.69) is 48.0 Å². The average molecular weight is 254 g/mol. The monoisotopic (exact) mass is 254 g/mol. The first-order valence-electron chi connectivity index (χ1n) is 7.41. The van der Waals surface area contributed by atoms with Crippen LogP contribution in [0, 0.1) is 5.92 Å². The molecule has 2 atom stereocenters. The van der Waals surface area contributed by atoms with Gasteiger partial charge in [-0.2, -0.15) is 0 Å². The van der Waals surface area contributed by atoms with Crippen LogP contribution in [0.25, 0.3) is 0 Å². The molecule has 2 heterocycles. The zero-order valence-corrected chi connectivity index (χ0v) is 12.5. The highest BCUT2D eigenvalue weighted by Gasteiger charge is 2.30. The Morgan fingerprint density at radius 1 is 1.17 bits per heavy atom. The quantitative estimate of drug-likeness (QED) is 0.774. The van der Waals surface area contributed by atoms with Gasteiger partial charge in [-0.15, -0.1) is 0 Å². The summed E-state index contributed by atoms with van der Waals surface area (Å²) in [6.45, 7) is 13.1. The maximum Gasteiger partial charge on any atom is 0.0347 e. The van der Waals surface area contributed by atoms with E-state index >= 15 is 0 Å². The maximum atomic E-state index is 3.54. The van der Waals surface area contributed by atoms with Gasteiger partial charge in [0.1, 0.15) is 0 Å². The highest BCUT2D eigenvalue weighted by Crippen LogP contribution is 2.16. The van der Waals surface area contributed by atoms with Gasteiger partial charge in [0.25, 0.3) is 0 Å². The number of nitrogens with one attached hydrogen (secondary N) is 1. The van der Waals surface area contributed by atoms with Crippen LogP contribution in [-0.2, 0) is 0 Å². The van der Waals surface area contributed by atoms with Gasteiger partial charge in [0.05, 0.1) is 0 Å². The first kappa shape index (κ1) is 14.3. The molecular formula is C14H30N4. The van der Waals surface area contributed by atoms with Gasteiger partial charge in [-0.05, 0) is 20.0 Å². The smallest absolute Gasteiger partial charge is 0.0347 e. The first-order chi connectivity index (χ1) is 8.58. The van der Waals surface area contributed by atoms with E-state index in [1.165, 1.54) is 32.7 Å². The molecule has 2 unspecified atom stereocenters. The topological polar surface area (TPSA) is 21.8 Å². The molecule has 2 fully saturated rings. The molecule has 106 valence electrons. The van der Waals surface area contributed by atoms with Crippen LogP contribution in [0.15, 0.2) is 0 Å². The standard InChI is InChI=1S/C14H30N4/c1-12(2)14-9-15-5-6-18(14)11-13-10-16(3)7-8-17(13)4/h12-15H,5-11H2,1-4H3. The Bertz CT molecular complexity index is 256. The van der Waals surface area contributed by atoms with Crippen LogP contribution in [-0.4, -0.2) is 86.7 Å². The lowest BCUT2D eigenvalue weighted by atomic mass is 9.99. The molecule has 2 rings (SSSR count). The molecule has 0 aromatic heterocycles. The molecule has 4 heteroatoms. The zero-order valence-electron chi connectivity index (χ0n) is 12.5. The molecule has 2 aliphatic rings. The van der Waals surface area contributed by atoms with Crippen molar-refractivity contribution >= 4 is 0 Å². The van der Waals surface area contributed by atoms with Crippen LogP contribution in [0.3, 0.4) is 0 Å². The Kier molecular flexibility index (Phi) is 5.01.